The summed E-state index contributed by atoms with van der Waals surface area (Å²) in [5.41, 5.74) is 0.641. The first-order chi connectivity index (χ1) is 12.6. The van der Waals surface area contributed by atoms with E-state index in [1.165, 1.54) is 31.4 Å². The van der Waals surface area contributed by atoms with Crippen LogP contribution in [0.1, 0.15) is 5.82 Å². The molecule has 3 aromatic rings. The smallest absolute Gasteiger partial charge is 0.453 e. The van der Waals surface area contributed by atoms with E-state index in [2.05, 4.69) is 10.1 Å². The molecule has 0 aliphatic carbocycles. The van der Waals surface area contributed by atoms with Crippen LogP contribution in [0.3, 0.4) is 0 Å². The molecule has 10 heteroatoms. The lowest BCUT2D eigenvalue weighted by molar-refractivity contribution is -0.144. The number of ether oxygens (including phenoxy) is 1. The lowest BCUT2D eigenvalue weighted by atomic mass is 10.2. The number of nitrogens with zero attached hydrogens (tertiary/aromatic N) is 3. The first kappa shape index (κ1) is 18.9. The van der Waals surface area contributed by atoms with Crippen molar-refractivity contribution in [3.63, 3.8) is 0 Å². The molecular formula is C17H14F3N3O3S. The third-order valence-electron chi connectivity index (χ3n) is 3.72. The number of sulfone groups is 1. The fourth-order valence-corrected chi connectivity index (χ4v) is 3.00. The number of methoxy groups -OCH3 is 1. The topological polar surface area (TPSA) is 74.1 Å². The molecule has 0 bridgehead atoms. The summed E-state index contributed by atoms with van der Waals surface area (Å²) in [5, 5.41) is 3.58. The van der Waals surface area contributed by atoms with Gasteiger partial charge in [0.1, 0.15) is 5.75 Å². The van der Waals surface area contributed by atoms with Crippen molar-refractivity contribution in [1.29, 1.82) is 0 Å². The molecule has 2 aromatic carbocycles. The SMILES string of the molecule is COc1ccc(-n2nc(C(F)(F)F)nc2-c2ccc(S(C)(=O)=O)cc2)cc1. The van der Waals surface area contributed by atoms with E-state index in [-0.39, 0.29) is 10.7 Å². The fraction of sp³-hybridized carbons (Fsp3) is 0.176. The molecule has 0 unspecified atom stereocenters. The van der Waals surface area contributed by atoms with E-state index in [1.807, 2.05) is 0 Å². The van der Waals surface area contributed by atoms with Gasteiger partial charge in [0.2, 0.25) is 0 Å². The highest BCUT2D eigenvalue weighted by atomic mass is 32.2. The summed E-state index contributed by atoms with van der Waals surface area (Å²) in [5.74, 6) is -0.818. The van der Waals surface area contributed by atoms with Gasteiger partial charge in [0.15, 0.2) is 15.7 Å². The zero-order valence-corrected chi connectivity index (χ0v) is 15.0. The number of hydrogen-bond acceptors (Lipinski definition) is 5. The fourth-order valence-electron chi connectivity index (χ4n) is 2.37. The van der Waals surface area contributed by atoms with Crippen molar-refractivity contribution < 1.29 is 26.3 Å². The van der Waals surface area contributed by atoms with Gasteiger partial charge in [0, 0.05) is 11.8 Å². The molecule has 27 heavy (non-hydrogen) atoms. The monoisotopic (exact) mass is 397 g/mol. The molecule has 0 saturated carbocycles. The van der Waals surface area contributed by atoms with Gasteiger partial charge in [0.25, 0.3) is 5.82 Å². The Morgan fingerprint density at radius 3 is 2.07 bits per heavy atom. The average molecular weight is 397 g/mol. The van der Waals surface area contributed by atoms with Crippen LogP contribution in [0.2, 0.25) is 0 Å². The maximum absolute atomic E-state index is 13.1. The Balaban J connectivity index is 2.14. The molecule has 142 valence electrons. The van der Waals surface area contributed by atoms with Gasteiger partial charge < -0.3 is 4.74 Å². The second-order valence-electron chi connectivity index (χ2n) is 5.66. The first-order valence-corrected chi connectivity index (χ1v) is 9.48. The number of benzene rings is 2. The van der Waals surface area contributed by atoms with Gasteiger partial charge in [-0.1, -0.05) is 0 Å². The third kappa shape index (κ3) is 3.95. The summed E-state index contributed by atoms with van der Waals surface area (Å²) in [7, 11) is -1.95. The van der Waals surface area contributed by atoms with Gasteiger partial charge in [-0.15, -0.1) is 5.10 Å². The number of halogens is 3. The second-order valence-corrected chi connectivity index (χ2v) is 7.68. The van der Waals surface area contributed by atoms with Crippen LogP contribution in [-0.2, 0) is 16.0 Å². The Bertz CT molecular complexity index is 1060. The maximum atomic E-state index is 13.1. The van der Waals surface area contributed by atoms with E-state index in [9.17, 15) is 21.6 Å². The van der Waals surface area contributed by atoms with Crippen LogP contribution in [0.25, 0.3) is 17.1 Å². The lowest BCUT2D eigenvalue weighted by Gasteiger charge is -2.07. The van der Waals surface area contributed by atoms with Crippen LogP contribution in [0, 0.1) is 0 Å². The molecule has 0 saturated heterocycles. The molecule has 0 aliphatic heterocycles. The van der Waals surface area contributed by atoms with Crippen LogP contribution in [0.5, 0.6) is 5.75 Å². The van der Waals surface area contributed by atoms with Crippen molar-refractivity contribution in [3.05, 3.63) is 54.4 Å². The van der Waals surface area contributed by atoms with Gasteiger partial charge in [-0.05, 0) is 48.5 Å². The summed E-state index contributed by atoms with van der Waals surface area (Å²) < 4.78 is 68.6. The summed E-state index contributed by atoms with van der Waals surface area (Å²) in [4.78, 5) is 3.66. The van der Waals surface area contributed by atoms with E-state index in [0.717, 1.165) is 10.9 Å². The molecule has 0 radical (unpaired) electrons. The molecular weight excluding hydrogens is 383 g/mol. The van der Waals surface area contributed by atoms with E-state index in [0.29, 0.717) is 17.0 Å². The quantitative estimate of drug-likeness (QED) is 0.675. The first-order valence-electron chi connectivity index (χ1n) is 7.59. The van der Waals surface area contributed by atoms with Crippen molar-refractivity contribution in [1.82, 2.24) is 14.8 Å². The van der Waals surface area contributed by atoms with E-state index in [1.54, 1.807) is 24.3 Å². The molecule has 1 heterocycles. The third-order valence-corrected chi connectivity index (χ3v) is 4.85. The van der Waals surface area contributed by atoms with Gasteiger partial charge >= 0.3 is 6.18 Å². The van der Waals surface area contributed by atoms with Gasteiger partial charge in [-0.25, -0.2) is 18.1 Å². The van der Waals surface area contributed by atoms with E-state index < -0.39 is 21.8 Å². The Kier molecular flexibility index (Phi) is 4.68. The van der Waals surface area contributed by atoms with Gasteiger partial charge in [0.05, 0.1) is 17.7 Å². The summed E-state index contributed by atoms with van der Waals surface area (Å²) >= 11 is 0. The van der Waals surface area contributed by atoms with Crippen molar-refractivity contribution in [2.75, 3.05) is 13.4 Å². The molecule has 1 aromatic heterocycles. The van der Waals surface area contributed by atoms with Crippen molar-refractivity contribution in [2.45, 2.75) is 11.1 Å². The molecule has 0 atom stereocenters. The standard InChI is InChI=1S/C17H14F3N3O3S/c1-26-13-7-5-12(6-8-13)23-15(21-16(22-23)17(18,19)20)11-3-9-14(10-4-11)27(2,24)25/h3-10H,1-2H3. The van der Waals surface area contributed by atoms with Crippen molar-refractivity contribution >= 4 is 9.84 Å². The minimum Gasteiger partial charge on any atom is -0.497 e. The highest BCUT2D eigenvalue weighted by Crippen LogP contribution is 2.31. The van der Waals surface area contributed by atoms with Crippen LogP contribution in [-0.4, -0.2) is 36.5 Å². The Morgan fingerprint density at radius 1 is 1.00 bits per heavy atom. The Hall–Kier alpha value is -2.88. The van der Waals surface area contributed by atoms with Crippen LogP contribution < -0.4 is 4.74 Å². The minimum atomic E-state index is -4.72. The zero-order chi connectivity index (χ0) is 19.8. The molecule has 0 spiro atoms. The van der Waals surface area contributed by atoms with E-state index >= 15 is 0 Å². The lowest BCUT2D eigenvalue weighted by Crippen LogP contribution is -2.08. The van der Waals surface area contributed by atoms with Crippen LogP contribution in [0.4, 0.5) is 13.2 Å². The molecule has 3 rings (SSSR count). The van der Waals surface area contributed by atoms with Crippen molar-refractivity contribution in [3.8, 4) is 22.8 Å². The zero-order valence-electron chi connectivity index (χ0n) is 14.2. The second kappa shape index (κ2) is 6.69. The highest BCUT2D eigenvalue weighted by Gasteiger charge is 2.37. The van der Waals surface area contributed by atoms with Gasteiger partial charge in [-0.2, -0.15) is 13.2 Å². The summed E-state index contributed by atoms with van der Waals surface area (Å²) in [6, 6.07) is 11.7. The largest absolute Gasteiger partial charge is 0.497 e. The molecule has 6 nitrogen and oxygen atoms in total. The highest BCUT2D eigenvalue weighted by molar-refractivity contribution is 7.90. The number of hydrogen-bond donors (Lipinski definition) is 0. The Morgan fingerprint density at radius 2 is 1.59 bits per heavy atom. The van der Waals surface area contributed by atoms with Crippen molar-refractivity contribution in [2.24, 2.45) is 0 Å². The predicted molar refractivity (Wildman–Crippen MR) is 91.5 cm³/mol. The number of alkyl halides is 3. The minimum absolute atomic E-state index is 0.0535. The number of rotatable bonds is 4. The molecule has 0 fully saturated rings. The molecule has 0 amide bonds. The predicted octanol–water partition coefficient (Wildman–Crippen LogP) is 3.37. The molecule has 0 aliphatic rings. The van der Waals surface area contributed by atoms with Gasteiger partial charge in [-0.3, -0.25) is 0 Å². The summed E-state index contributed by atoms with van der Waals surface area (Å²) in [6.07, 6.45) is -3.68. The normalized spacial score (nSPS) is 12.2. The van der Waals surface area contributed by atoms with Crippen LogP contribution in [0.15, 0.2) is 53.4 Å². The average Bonchev–Trinajstić information content (AvgIpc) is 3.07. The van der Waals surface area contributed by atoms with E-state index in [4.69, 9.17) is 4.74 Å². The Labute approximate surface area is 153 Å². The summed E-state index contributed by atoms with van der Waals surface area (Å²) in [6.45, 7) is 0. The molecule has 0 N–H and O–H groups in total. The van der Waals surface area contributed by atoms with Crippen LogP contribution >= 0.6 is 0 Å². The maximum Gasteiger partial charge on any atom is 0.453 e. The number of aromatic nitrogens is 3.